The van der Waals surface area contributed by atoms with Gasteiger partial charge in [0, 0.05) is 10.4 Å². The first-order valence-electron chi connectivity index (χ1n) is 7.61. The highest BCUT2D eigenvalue weighted by Crippen LogP contribution is 2.66. The molecule has 3 atom stereocenters. The maximum Gasteiger partial charge on any atom is 0.244 e. The predicted molar refractivity (Wildman–Crippen MR) is 88.2 cm³/mol. The van der Waals surface area contributed by atoms with Gasteiger partial charge in [-0.25, -0.2) is 5.43 Å². The minimum absolute atomic E-state index is 0.0897. The number of benzene rings is 1. The van der Waals surface area contributed by atoms with Crippen molar-refractivity contribution in [1.82, 2.24) is 5.43 Å². The van der Waals surface area contributed by atoms with Crippen LogP contribution in [0.2, 0.25) is 0 Å². The van der Waals surface area contributed by atoms with Crippen LogP contribution in [0.15, 0.2) is 27.8 Å². The summed E-state index contributed by atoms with van der Waals surface area (Å²) in [6, 6.07) is 6.03. The molecular weight excluding hydrogens is 328 g/mol. The van der Waals surface area contributed by atoms with Crippen molar-refractivity contribution < 1.29 is 4.79 Å². The van der Waals surface area contributed by atoms with Gasteiger partial charge in [0.2, 0.25) is 5.91 Å². The number of hydrogen-bond acceptors (Lipinski definition) is 2. The molecule has 2 fully saturated rings. The second kappa shape index (κ2) is 5.56. The summed E-state index contributed by atoms with van der Waals surface area (Å²) >= 11 is 3.50. The Kier molecular flexibility index (Phi) is 3.91. The lowest BCUT2D eigenvalue weighted by Gasteiger charge is -2.15. The van der Waals surface area contributed by atoms with Crippen molar-refractivity contribution >= 4 is 28.1 Å². The fourth-order valence-electron chi connectivity index (χ4n) is 3.78. The number of halogens is 1. The molecule has 1 amide bonds. The molecule has 3 nitrogen and oxygen atoms in total. The third kappa shape index (κ3) is 2.78. The van der Waals surface area contributed by atoms with Gasteiger partial charge in [0.1, 0.15) is 0 Å². The minimum atomic E-state index is 0.0897. The van der Waals surface area contributed by atoms with Crippen LogP contribution in [0.5, 0.6) is 0 Å². The molecule has 1 N–H and O–H groups in total. The predicted octanol–water partition coefficient (Wildman–Crippen LogP) is 4.03. The van der Waals surface area contributed by atoms with Gasteiger partial charge in [-0.1, -0.05) is 47.8 Å². The number of hydrogen-bond donors (Lipinski definition) is 1. The van der Waals surface area contributed by atoms with Crippen LogP contribution in [0.3, 0.4) is 0 Å². The first-order valence-corrected chi connectivity index (χ1v) is 8.41. The van der Waals surface area contributed by atoms with Crippen LogP contribution in [-0.2, 0) is 4.79 Å². The molecule has 3 rings (SSSR count). The second-order valence-electron chi connectivity index (χ2n) is 6.58. The second-order valence-corrected chi connectivity index (χ2v) is 7.43. The van der Waals surface area contributed by atoms with Crippen LogP contribution in [0.4, 0.5) is 0 Å². The molecule has 0 bridgehead atoms. The van der Waals surface area contributed by atoms with Crippen molar-refractivity contribution in [3.8, 4) is 0 Å². The maximum atomic E-state index is 12.3. The first kappa shape index (κ1) is 14.8. The average Bonchev–Trinajstić information content (AvgIpc) is 3.08. The summed E-state index contributed by atoms with van der Waals surface area (Å²) in [6.45, 7) is 4.30. The molecule has 2 aliphatic carbocycles. The van der Waals surface area contributed by atoms with E-state index in [9.17, 15) is 4.79 Å². The SMILES string of the molecule is Cc1ccc(/C=N\NC(=O)[C@H]2[C@@H]3CCCC[C@@]32C)cc1Br. The number of amides is 1. The highest BCUT2D eigenvalue weighted by Gasteiger charge is 2.64. The van der Waals surface area contributed by atoms with Gasteiger partial charge < -0.3 is 0 Å². The molecule has 0 heterocycles. The third-order valence-electron chi connectivity index (χ3n) is 5.20. The highest BCUT2D eigenvalue weighted by molar-refractivity contribution is 9.10. The Hall–Kier alpha value is -1.16. The summed E-state index contributed by atoms with van der Waals surface area (Å²) in [5, 5.41) is 4.12. The molecule has 112 valence electrons. The van der Waals surface area contributed by atoms with E-state index in [1.54, 1.807) is 6.21 Å². The van der Waals surface area contributed by atoms with Crippen molar-refractivity contribution in [1.29, 1.82) is 0 Å². The standard InChI is InChI=1S/C17H21BrN2O/c1-11-6-7-12(9-14(11)18)10-19-20-16(21)15-13-5-3-4-8-17(13,15)2/h6-7,9-10,13,15H,3-5,8H2,1-2H3,(H,20,21)/b19-10-/t13-,15+,17-/m0/s1. The van der Waals surface area contributed by atoms with Gasteiger partial charge in [0.25, 0.3) is 0 Å². The van der Waals surface area contributed by atoms with Crippen molar-refractivity contribution in [2.24, 2.45) is 22.4 Å². The molecule has 4 heteroatoms. The van der Waals surface area contributed by atoms with E-state index in [0.29, 0.717) is 5.92 Å². The summed E-state index contributed by atoms with van der Waals surface area (Å²) in [5.41, 5.74) is 5.13. The lowest BCUT2D eigenvalue weighted by Crippen LogP contribution is -2.22. The molecule has 2 aliphatic rings. The lowest BCUT2D eigenvalue weighted by atomic mass is 9.90. The molecule has 0 saturated heterocycles. The first-order chi connectivity index (χ1) is 10.0. The van der Waals surface area contributed by atoms with Gasteiger partial charge in [0.05, 0.1) is 6.21 Å². The van der Waals surface area contributed by atoms with Crippen LogP contribution >= 0.6 is 15.9 Å². The molecule has 0 aliphatic heterocycles. The Morgan fingerprint density at radius 2 is 2.29 bits per heavy atom. The largest absolute Gasteiger partial charge is 0.273 e. The van der Waals surface area contributed by atoms with Crippen molar-refractivity contribution in [2.45, 2.75) is 39.5 Å². The van der Waals surface area contributed by atoms with E-state index in [1.807, 2.05) is 25.1 Å². The van der Waals surface area contributed by atoms with E-state index in [4.69, 9.17) is 0 Å². The van der Waals surface area contributed by atoms with Crippen LogP contribution < -0.4 is 5.43 Å². The Bertz CT molecular complexity index is 598. The van der Waals surface area contributed by atoms with Gasteiger partial charge in [-0.05, 0) is 48.3 Å². The Morgan fingerprint density at radius 1 is 1.48 bits per heavy atom. The molecule has 1 aromatic carbocycles. The normalized spacial score (nSPS) is 31.0. The minimum Gasteiger partial charge on any atom is -0.273 e. The van der Waals surface area contributed by atoms with Crippen molar-refractivity contribution in [3.63, 3.8) is 0 Å². The van der Waals surface area contributed by atoms with E-state index in [-0.39, 0.29) is 17.2 Å². The van der Waals surface area contributed by atoms with Crippen LogP contribution in [0.1, 0.15) is 43.7 Å². The summed E-state index contributed by atoms with van der Waals surface area (Å²) < 4.78 is 1.05. The molecule has 0 aromatic heterocycles. The van der Waals surface area contributed by atoms with Crippen LogP contribution in [0, 0.1) is 24.2 Å². The van der Waals surface area contributed by atoms with E-state index in [1.165, 1.54) is 31.2 Å². The number of rotatable bonds is 3. The zero-order valence-corrected chi connectivity index (χ0v) is 14.1. The van der Waals surface area contributed by atoms with E-state index in [2.05, 4.69) is 33.4 Å². The zero-order valence-electron chi connectivity index (χ0n) is 12.5. The fourth-order valence-corrected chi connectivity index (χ4v) is 4.18. The number of hydrazone groups is 1. The lowest BCUT2D eigenvalue weighted by molar-refractivity contribution is -0.123. The molecule has 2 saturated carbocycles. The smallest absolute Gasteiger partial charge is 0.244 e. The van der Waals surface area contributed by atoms with E-state index < -0.39 is 0 Å². The molecule has 1 aromatic rings. The number of nitrogens with one attached hydrogen (secondary N) is 1. The molecule has 0 unspecified atom stereocenters. The highest BCUT2D eigenvalue weighted by atomic mass is 79.9. The number of carbonyl (C=O) groups is 1. The van der Waals surface area contributed by atoms with Gasteiger partial charge >= 0.3 is 0 Å². The third-order valence-corrected chi connectivity index (χ3v) is 6.05. The summed E-state index contributed by atoms with van der Waals surface area (Å²) in [6.07, 6.45) is 6.62. The summed E-state index contributed by atoms with van der Waals surface area (Å²) in [5.74, 6) is 0.837. The summed E-state index contributed by atoms with van der Waals surface area (Å²) in [4.78, 5) is 12.3. The van der Waals surface area contributed by atoms with Crippen molar-refractivity contribution in [2.75, 3.05) is 0 Å². The van der Waals surface area contributed by atoms with Crippen molar-refractivity contribution in [3.05, 3.63) is 33.8 Å². The van der Waals surface area contributed by atoms with Crippen LogP contribution in [-0.4, -0.2) is 12.1 Å². The molecule has 0 spiro atoms. The quantitative estimate of drug-likeness (QED) is 0.650. The van der Waals surface area contributed by atoms with Gasteiger partial charge in [-0.2, -0.15) is 5.10 Å². The Morgan fingerprint density at radius 3 is 2.95 bits per heavy atom. The van der Waals surface area contributed by atoms with Crippen LogP contribution in [0.25, 0.3) is 0 Å². The Labute approximate surface area is 134 Å². The number of fused-ring (bicyclic) bond motifs is 1. The number of aryl methyl sites for hydroxylation is 1. The average molecular weight is 349 g/mol. The topological polar surface area (TPSA) is 41.5 Å². The monoisotopic (exact) mass is 348 g/mol. The van der Waals surface area contributed by atoms with Gasteiger partial charge in [-0.3, -0.25) is 4.79 Å². The number of nitrogens with zero attached hydrogens (tertiary/aromatic N) is 1. The van der Waals surface area contributed by atoms with Gasteiger partial charge in [0.15, 0.2) is 0 Å². The Balaban J connectivity index is 1.59. The number of carbonyl (C=O) groups excluding carboxylic acids is 1. The summed E-state index contributed by atoms with van der Waals surface area (Å²) in [7, 11) is 0. The van der Waals surface area contributed by atoms with Gasteiger partial charge in [-0.15, -0.1) is 0 Å². The zero-order chi connectivity index (χ0) is 15.0. The maximum absolute atomic E-state index is 12.3. The molecular formula is C17H21BrN2O. The fraction of sp³-hybridized carbons (Fsp3) is 0.529. The molecule has 21 heavy (non-hydrogen) atoms. The van der Waals surface area contributed by atoms with E-state index >= 15 is 0 Å². The van der Waals surface area contributed by atoms with E-state index in [0.717, 1.165) is 10.0 Å². The molecule has 0 radical (unpaired) electrons.